The summed E-state index contributed by atoms with van der Waals surface area (Å²) in [5.74, 6) is 1.50. The van der Waals surface area contributed by atoms with Crippen LogP contribution in [0.4, 0.5) is 11.5 Å². The van der Waals surface area contributed by atoms with Gasteiger partial charge in [0.2, 0.25) is 0 Å². The van der Waals surface area contributed by atoms with Gasteiger partial charge in [-0.05, 0) is 49.3 Å². The third-order valence-electron chi connectivity index (χ3n) is 4.95. The summed E-state index contributed by atoms with van der Waals surface area (Å²) in [4.78, 5) is 5.69. The van der Waals surface area contributed by atoms with Crippen LogP contribution in [0.15, 0.2) is 46.3 Å². The van der Waals surface area contributed by atoms with Gasteiger partial charge >= 0.3 is 0 Å². The van der Waals surface area contributed by atoms with E-state index >= 15 is 0 Å². The van der Waals surface area contributed by atoms with Crippen LogP contribution >= 0.6 is 11.8 Å². The van der Waals surface area contributed by atoms with Crippen molar-refractivity contribution < 1.29 is 0 Å². The molecule has 0 saturated carbocycles. The van der Waals surface area contributed by atoms with Gasteiger partial charge in [0.1, 0.15) is 22.5 Å². The maximum Gasteiger partial charge on any atom is 0.134 e. The van der Waals surface area contributed by atoms with Crippen molar-refractivity contribution in [1.29, 1.82) is 5.26 Å². The van der Waals surface area contributed by atoms with Gasteiger partial charge in [0.25, 0.3) is 0 Å². The SMILES string of the molecule is CC(C)CC1=CC(C)(CC(C)C)Nc2c(C#N)c(Sc3ccccc3)nc(N)c21. The minimum atomic E-state index is -0.223. The number of pyridine rings is 1. The van der Waals surface area contributed by atoms with E-state index in [1.54, 1.807) is 0 Å². The van der Waals surface area contributed by atoms with Gasteiger partial charge in [0, 0.05) is 10.5 Å². The third kappa shape index (κ3) is 4.76. The van der Waals surface area contributed by atoms with E-state index < -0.39 is 0 Å². The second-order valence-electron chi connectivity index (χ2n) is 8.86. The second kappa shape index (κ2) is 8.51. The quantitative estimate of drug-likeness (QED) is 0.585. The number of nitriles is 1. The van der Waals surface area contributed by atoms with Crippen molar-refractivity contribution in [3.8, 4) is 6.07 Å². The van der Waals surface area contributed by atoms with Gasteiger partial charge in [-0.1, -0.05) is 63.7 Å². The number of nitrogens with one attached hydrogen (secondary N) is 1. The first-order chi connectivity index (χ1) is 13.7. The lowest BCUT2D eigenvalue weighted by Gasteiger charge is -2.38. The molecule has 1 unspecified atom stereocenters. The maximum atomic E-state index is 10.1. The molecule has 0 aliphatic carbocycles. The largest absolute Gasteiger partial charge is 0.383 e. The Balaban J connectivity index is 2.16. The Bertz CT molecular complexity index is 957. The molecule has 1 aromatic heterocycles. The van der Waals surface area contributed by atoms with Crippen molar-refractivity contribution in [1.82, 2.24) is 4.98 Å². The number of benzene rings is 1. The fourth-order valence-electron chi connectivity index (χ4n) is 4.15. The Kier molecular flexibility index (Phi) is 6.24. The van der Waals surface area contributed by atoms with E-state index in [1.165, 1.54) is 17.3 Å². The third-order valence-corrected chi connectivity index (χ3v) is 5.94. The van der Waals surface area contributed by atoms with Crippen molar-refractivity contribution in [2.75, 3.05) is 11.1 Å². The number of aromatic nitrogens is 1. The predicted molar refractivity (Wildman–Crippen MR) is 123 cm³/mol. The van der Waals surface area contributed by atoms with E-state index in [1.807, 2.05) is 30.3 Å². The molecular weight excluding hydrogens is 376 g/mol. The molecule has 0 radical (unpaired) electrons. The maximum absolute atomic E-state index is 10.1. The van der Waals surface area contributed by atoms with Gasteiger partial charge in [-0.2, -0.15) is 5.26 Å². The fraction of sp³-hybridized carbons (Fsp3) is 0.417. The number of nitrogens with two attached hydrogens (primary N) is 1. The summed E-state index contributed by atoms with van der Waals surface area (Å²) in [5.41, 5.74) is 9.73. The highest BCUT2D eigenvalue weighted by Gasteiger charge is 2.34. The Morgan fingerprint density at radius 1 is 1.17 bits per heavy atom. The first kappa shape index (κ1) is 21.3. The van der Waals surface area contributed by atoms with E-state index in [-0.39, 0.29) is 5.54 Å². The van der Waals surface area contributed by atoms with Crippen LogP contribution in [0, 0.1) is 23.2 Å². The second-order valence-corrected chi connectivity index (χ2v) is 9.92. The zero-order valence-corrected chi connectivity index (χ0v) is 18.7. The van der Waals surface area contributed by atoms with Crippen LogP contribution in [0.3, 0.4) is 0 Å². The predicted octanol–water partition coefficient (Wildman–Crippen LogP) is 6.35. The van der Waals surface area contributed by atoms with Crippen molar-refractivity contribution in [3.63, 3.8) is 0 Å². The van der Waals surface area contributed by atoms with Gasteiger partial charge < -0.3 is 11.1 Å². The van der Waals surface area contributed by atoms with Crippen LogP contribution in [0.25, 0.3) is 5.57 Å². The molecule has 5 heteroatoms. The van der Waals surface area contributed by atoms with Crippen LogP contribution in [0.1, 0.15) is 58.6 Å². The molecule has 152 valence electrons. The summed E-state index contributed by atoms with van der Waals surface area (Å²) in [6.07, 6.45) is 4.19. The van der Waals surface area contributed by atoms with Crippen LogP contribution < -0.4 is 11.1 Å². The molecule has 0 spiro atoms. The van der Waals surface area contributed by atoms with E-state index in [2.05, 4.69) is 57.1 Å². The summed E-state index contributed by atoms with van der Waals surface area (Å²) in [5, 5.41) is 14.4. The van der Waals surface area contributed by atoms with Gasteiger partial charge in [0.15, 0.2) is 0 Å². The smallest absolute Gasteiger partial charge is 0.134 e. The molecule has 0 amide bonds. The number of nitrogens with zero attached hydrogens (tertiary/aromatic N) is 2. The molecule has 29 heavy (non-hydrogen) atoms. The Morgan fingerprint density at radius 3 is 2.45 bits per heavy atom. The van der Waals surface area contributed by atoms with E-state index in [0.29, 0.717) is 28.2 Å². The summed E-state index contributed by atoms with van der Waals surface area (Å²) in [7, 11) is 0. The van der Waals surface area contributed by atoms with Crippen molar-refractivity contribution in [2.24, 2.45) is 11.8 Å². The van der Waals surface area contributed by atoms with Crippen molar-refractivity contribution in [3.05, 3.63) is 47.5 Å². The Hall–Kier alpha value is -2.45. The van der Waals surface area contributed by atoms with Crippen molar-refractivity contribution in [2.45, 2.75) is 62.9 Å². The van der Waals surface area contributed by atoms with E-state index in [0.717, 1.165) is 29.0 Å². The highest BCUT2D eigenvalue weighted by atomic mass is 32.2. The molecule has 3 rings (SSSR count). The average molecular weight is 407 g/mol. The minimum Gasteiger partial charge on any atom is -0.383 e. The lowest BCUT2D eigenvalue weighted by atomic mass is 9.81. The van der Waals surface area contributed by atoms with Gasteiger partial charge in [-0.25, -0.2) is 4.98 Å². The Labute approximate surface area is 178 Å². The first-order valence-corrected chi connectivity index (χ1v) is 11.0. The molecule has 3 N–H and O–H groups in total. The lowest BCUT2D eigenvalue weighted by molar-refractivity contribution is 0.463. The fourth-order valence-corrected chi connectivity index (χ4v) is 5.06. The standard InChI is InChI=1S/C24H30N4S/c1-15(2)11-17-13-24(5,12-16(3)4)28-21-19(14-25)23(27-22(26)20(17)21)29-18-9-7-6-8-10-18/h6-10,13,15-16,28H,11-12H2,1-5H3,(H2,26,27). The number of allylic oxidation sites excluding steroid dienone is 1. The topological polar surface area (TPSA) is 74.7 Å². The average Bonchev–Trinajstić information content (AvgIpc) is 2.60. The molecule has 1 aromatic carbocycles. The van der Waals surface area contributed by atoms with Gasteiger partial charge in [0.05, 0.1) is 11.2 Å². The van der Waals surface area contributed by atoms with Crippen LogP contribution in [-0.4, -0.2) is 10.5 Å². The highest BCUT2D eigenvalue weighted by Crippen LogP contribution is 2.46. The monoisotopic (exact) mass is 406 g/mol. The molecule has 1 aliphatic heterocycles. The van der Waals surface area contributed by atoms with Crippen LogP contribution in [0.2, 0.25) is 0 Å². The highest BCUT2D eigenvalue weighted by molar-refractivity contribution is 7.99. The Morgan fingerprint density at radius 2 is 1.86 bits per heavy atom. The normalized spacial score (nSPS) is 18.2. The molecule has 2 heterocycles. The number of fused-ring (bicyclic) bond motifs is 1. The molecule has 1 aliphatic rings. The minimum absolute atomic E-state index is 0.223. The number of anilines is 2. The molecule has 0 fully saturated rings. The number of hydrogen-bond donors (Lipinski definition) is 2. The van der Waals surface area contributed by atoms with E-state index in [9.17, 15) is 5.26 Å². The molecule has 0 saturated heterocycles. The summed E-state index contributed by atoms with van der Waals surface area (Å²) in [6, 6.07) is 12.4. The summed E-state index contributed by atoms with van der Waals surface area (Å²) in [6.45, 7) is 11.1. The summed E-state index contributed by atoms with van der Waals surface area (Å²) < 4.78 is 0. The molecule has 4 nitrogen and oxygen atoms in total. The molecule has 2 aromatic rings. The molecular formula is C24H30N4S. The first-order valence-electron chi connectivity index (χ1n) is 10.2. The van der Waals surface area contributed by atoms with Gasteiger partial charge in [-0.3, -0.25) is 0 Å². The number of rotatable bonds is 6. The van der Waals surface area contributed by atoms with Crippen LogP contribution in [-0.2, 0) is 0 Å². The van der Waals surface area contributed by atoms with Gasteiger partial charge in [-0.15, -0.1) is 0 Å². The molecule has 1 atom stereocenters. The van der Waals surface area contributed by atoms with Crippen LogP contribution in [0.5, 0.6) is 0 Å². The molecule has 0 bridgehead atoms. The van der Waals surface area contributed by atoms with E-state index in [4.69, 9.17) is 5.73 Å². The zero-order valence-electron chi connectivity index (χ0n) is 17.9. The number of hydrogen-bond acceptors (Lipinski definition) is 5. The summed E-state index contributed by atoms with van der Waals surface area (Å²) >= 11 is 1.48. The lowest BCUT2D eigenvalue weighted by Crippen LogP contribution is -2.38. The van der Waals surface area contributed by atoms with Crippen molar-refractivity contribution >= 4 is 28.8 Å². The zero-order chi connectivity index (χ0) is 21.2. The number of nitrogen functional groups attached to an aromatic ring is 1.